The van der Waals surface area contributed by atoms with Crippen LogP contribution in [0, 0.1) is 0 Å². The van der Waals surface area contributed by atoms with Crippen LogP contribution in [0.4, 0.5) is 5.95 Å². The van der Waals surface area contributed by atoms with Crippen molar-refractivity contribution in [2.75, 3.05) is 5.73 Å². The second-order valence-electron chi connectivity index (χ2n) is 3.70. The SMILES string of the molecule is Nc1ncn(CC(=O)OCc2cc(Cl)ccc2Cl)n1. The summed E-state index contributed by atoms with van der Waals surface area (Å²) < 4.78 is 6.35. The minimum absolute atomic E-state index is 0.0441. The monoisotopic (exact) mass is 300 g/mol. The van der Waals surface area contributed by atoms with Gasteiger partial charge in [-0.1, -0.05) is 23.2 Å². The molecule has 0 aliphatic rings. The van der Waals surface area contributed by atoms with Crippen molar-refractivity contribution in [3.63, 3.8) is 0 Å². The van der Waals surface area contributed by atoms with Crippen LogP contribution >= 0.6 is 23.2 Å². The zero-order valence-electron chi connectivity index (χ0n) is 9.72. The van der Waals surface area contributed by atoms with Gasteiger partial charge in [-0.3, -0.25) is 4.79 Å². The van der Waals surface area contributed by atoms with Crippen LogP contribution in [0.25, 0.3) is 0 Å². The number of carbonyl (C=O) groups excluding carboxylic acids is 1. The first-order chi connectivity index (χ1) is 9.04. The quantitative estimate of drug-likeness (QED) is 0.872. The summed E-state index contributed by atoms with van der Waals surface area (Å²) in [5, 5.41) is 4.79. The number of esters is 1. The summed E-state index contributed by atoms with van der Waals surface area (Å²) in [6, 6.07) is 4.95. The maximum atomic E-state index is 11.6. The molecule has 1 aromatic heterocycles. The Morgan fingerprint density at radius 2 is 2.21 bits per heavy atom. The molecule has 100 valence electrons. The van der Waals surface area contributed by atoms with Gasteiger partial charge in [0.1, 0.15) is 19.5 Å². The van der Waals surface area contributed by atoms with Crippen molar-refractivity contribution in [3.8, 4) is 0 Å². The Morgan fingerprint density at radius 3 is 2.89 bits per heavy atom. The van der Waals surface area contributed by atoms with E-state index in [0.29, 0.717) is 15.6 Å². The van der Waals surface area contributed by atoms with Gasteiger partial charge in [0.05, 0.1) is 0 Å². The maximum absolute atomic E-state index is 11.6. The summed E-state index contributed by atoms with van der Waals surface area (Å²) in [5.74, 6) is -0.369. The molecule has 2 N–H and O–H groups in total. The summed E-state index contributed by atoms with van der Waals surface area (Å²) in [4.78, 5) is 15.3. The van der Waals surface area contributed by atoms with E-state index in [1.807, 2.05) is 0 Å². The Morgan fingerprint density at radius 1 is 1.42 bits per heavy atom. The number of rotatable bonds is 4. The molecule has 2 aromatic rings. The number of nitrogens with zero attached hydrogens (tertiary/aromatic N) is 3. The fraction of sp³-hybridized carbons (Fsp3) is 0.182. The Hall–Kier alpha value is -1.79. The molecule has 1 heterocycles. The van der Waals surface area contributed by atoms with Crippen LogP contribution in [-0.4, -0.2) is 20.7 Å². The van der Waals surface area contributed by atoms with Gasteiger partial charge in [-0.25, -0.2) is 9.67 Å². The molecule has 0 saturated carbocycles. The third-order valence-electron chi connectivity index (χ3n) is 2.24. The number of carbonyl (C=O) groups is 1. The molecule has 0 aliphatic heterocycles. The Balaban J connectivity index is 1.91. The van der Waals surface area contributed by atoms with E-state index in [1.54, 1.807) is 18.2 Å². The molecule has 0 amide bonds. The van der Waals surface area contributed by atoms with Crippen molar-refractivity contribution in [2.24, 2.45) is 0 Å². The smallest absolute Gasteiger partial charge is 0.328 e. The first-order valence-corrected chi connectivity index (χ1v) is 6.04. The molecule has 0 unspecified atom stereocenters. The lowest BCUT2D eigenvalue weighted by molar-refractivity contribution is -0.145. The topological polar surface area (TPSA) is 83.0 Å². The third kappa shape index (κ3) is 3.84. The van der Waals surface area contributed by atoms with E-state index in [1.165, 1.54) is 11.0 Å². The molecule has 0 aliphatic carbocycles. The molecule has 0 bridgehead atoms. The molecule has 8 heteroatoms. The first kappa shape index (κ1) is 13.6. The second-order valence-corrected chi connectivity index (χ2v) is 4.54. The van der Waals surface area contributed by atoms with E-state index in [-0.39, 0.29) is 19.1 Å². The molecule has 0 spiro atoms. The van der Waals surface area contributed by atoms with E-state index in [9.17, 15) is 4.79 Å². The van der Waals surface area contributed by atoms with Crippen molar-refractivity contribution < 1.29 is 9.53 Å². The Bertz CT molecular complexity index is 600. The van der Waals surface area contributed by atoms with Crippen LogP contribution in [0.3, 0.4) is 0 Å². The van der Waals surface area contributed by atoms with Crippen molar-refractivity contribution >= 4 is 35.1 Å². The van der Waals surface area contributed by atoms with E-state index < -0.39 is 5.97 Å². The van der Waals surface area contributed by atoms with Gasteiger partial charge in [0, 0.05) is 15.6 Å². The number of benzene rings is 1. The number of aromatic nitrogens is 3. The molecule has 19 heavy (non-hydrogen) atoms. The normalized spacial score (nSPS) is 10.4. The molecule has 6 nitrogen and oxygen atoms in total. The fourth-order valence-electron chi connectivity index (χ4n) is 1.38. The van der Waals surface area contributed by atoms with Crippen molar-refractivity contribution in [2.45, 2.75) is 13.2 Å². The summed E-state index contributed by atoms with van der Waals surface area (Å²) in [7, 11) is 0. The van der Waals surface area contributed by atoms with Crippen LogP contribution < -0.4 is 5.73 Å². The van der Waals surface area contributed by atoms with Crippen molar-refractivity contribution in [3.05, 3.63) is 40.1 Å². The van der Waals surface area contributed by atoms with Crippen LogP contribution in [0.15, 0.2) is 24.5 Å². The number of ether oxygens (including phenoxy) is 1. The average Bonchev–Trinajstić information content (AvgIpc) is 2.76. The highest BCUT2D eigenvalue weighted by Crippen LogP contribution is 2.21. The minimum atomic E-state index is -0.471. The van der Waals surface area contributed by atoms with Gasteiger partial charge in [0.2, 0.25) is 5.95 Å². The zero-order chi connectivity index (χ0) is 13.8. The highest BCUT2D eigenvalue weighted by molar-refractivity contribution is 6.33. The third-order valence-corrected chi connectivity index (χ3v) is 2.85. The zero-order valence-corrected chi connectivity index (χ0v) is 11.2. The summed E-state index contributed by atoms with van der Waals surface area (Å²) >= 11 is 11.8. The molecule has 0 saturated heterocycles. The van der Waals surface area contributed by atoms with Gasteiger partial charge < -0.3 is 10.5 Å². The predicted molar refractivity (Wildman–Crippen MR) is 70.7 cm³/mol. The van der Waals surface area contributed by atoms with Gasteiger partial charge in [-0.05, 0) is 18.2 Å². The maximum Gasteiger partial charge on any atom is 0.328 e. The summed E-state index contributed by atoms with van der Waals surface area (Å²) in [5.41, 5.74) is 5.97. The van der Waals surface area contributed by atoms with E-state index in [0.717, 1.165) is 0 Å². The molecular formula is C11H10Cl2N4O2. The Labute approximate surface area is 119 Å². The minimum Gasteiger partial charge on any atom is -0.459 e. The van der Waals surface area contributed by atoms with Crippen LogP contribution in [0.1, 0.15) is 5.56 Å². The molecule has 1 aromatic carbocycles. The van der Waals surface area contributed by atoms with Crippen molar-refractivity contribution in [1.82, 2.24) is 14.8 Å². The standard InChI is InChI=1S/C11H10Cl2N4O2/c12-8-1-2-9(13)7(3-8)5-19-10(18)4-17-6-15-11(14)16-17/h1-3,6H,4-5H2,(H2,14,16). The lowest BCUT2D eigenvalue weighted by Crippen LogP contribution is -2.14. The van der Waals surface area contributed by atoms with E-state index in [2.05, 4.69) is 10.1 Å². The number of hydrogen-bond acceptors (Lipinski definition) is 5. The van der Waals surface area contributed by atoms with Crippen molar-refractivity contribution in [1.29, 1.82) is 0 Å². The van der Waals surface area contributed by atoms with Gasteiger partial charge >= 0.3 is 5.97 Å². The second kappa shape index (κ2) is 5.90. The fourth-order valence-corrected chi connectivity index (χ4v) is 1.74. The highest BCUT2D eigenvalue weighted by atomic mass is 35.5. The van der Waals surface area contributed by atoms with Gasteiger partial charge in [-0.2, -0.15) is 0 Å². The van der Waals surface area contributed by atoms with E-state index >= 15 is 0 Å². The number of nitrogen functional groups attached to an aromatic ring is 1. The highest BCUT2D eigenvalue weighted by Gasteiger charge is 2.08. The molecule has 0 fully saturated rings. The predicted octanol–water partition coefficient (Wildman–Crippen LogP) is 1.91. The lowest BCUT2D eigenvalue weighted by atomic mass is 10.2. The summed E-state index contributed by atoms with van der Waals surface area (Å²) in [6.45, 7) is -0.0230. The molecular weight excluding hydrogens is 291 g/mol. The number of hydrogen-bond donors (Lipinski definition) is 1. The molecule has 2 rings (SSSR count). The molecule has 0 radical (unpaired) electrons. The van der Waals surface area contributed by atoms with E-state index in [4.69, 9.17) is 33.7 Å². The number of halogens is 2. The molecule has 0 atom stereocenters. The largest absolute Gasteiger partial charge is 0.459 e. The number of nitrogens with two attached hydrogens (primary N) is 1. The van der Waals surface area contributed by atoms with Crippen LogP contribution in [0.5, 0.6) is 0 Å². The van der Waals surface area contributed by atoms with Crippen LogP contribution in [-0.2, 0) is 22.7 Å². The number of anilines is 1. The van der Waals surface area contributed by atoms with Gasteiger partial charge in [-0.15, -0.1) is 5.10 Å². The van der Waals surface area contributed by atoms with Gasteiger partial charge in [0.15, 0.2) is 0 Å². The van der Waals surface area contributed by atoms with Gasteiger partial charge in [0.25, 0.3) is 0 Å². The first-order valence-electron chi connectivity index (χ1n) is 5.29. The summed E-state index contributed by atoms with van der Waals surface area (Å²) in [6.07, 6.45) is 1.35. The lowest BCUT2D eigenvalue weighted by Gasteiger charge is -2.07. The van der Waals surface area contributed by atoms with Crippen LogP contribution in [0.2, 0.25) is 10.0 Å². The average molecular weight is 301 g/mol. The Kier molecular flexibility index (Phi) is 4.24.